The highest BCUT2D eigenvalue weighted by atomic mass is 79.9. The molecular weight excluding hydrogens is 669 g/mol. The van der Waals surface area contributed by atoms with Gasteiger partial charge in [0.1, 0.15) is 17.6 Å². The molecule has 0 spiro atoms. The number of hydrogen-bond acceptors (Lipinski definition) is 8. The van der Waals surface area contributed by atoms with Crippen molar-refractivity contribution in [2.24, 2.45) is 0 Å². The number of carbonyl (C=O) groups excluding carboxylic acids is 2. The summed E-state index contributed by atoms with van der Waals surface area (Å²) in [5, 5.41) is 21.4. The van der Waals surface area contributed by atoms with Crippen LogP contribution in [0.15, 0.2) is 75.0 Å². The fraction of sp³-hybridized carbons (Fsp3) is 0.172. The second-order valence-electron chi connectivity index (χ2n) is 9.55. The maximum absolute atomic E-state index is 13.5. The molecule has 2 aliphatic rings. The highest BCUT2D eigenvalue weighted by Gasteiger charge is 2.48. The standard InChI is InChI=1S/C29H20BrCl2N3O4S2/c1-14-10-18-11-16(5-9-22(18)39-14)25(36)23-24(15-2-6-19(30)7-3-15)35(27(38)26(23)37)28-33-34-29(41-28)40-13-17-4-8-20(31)12-21(17)32/h2-9,11-12,14,24,36H,10,13H2,1H3/b25-23+. The number of aliphatic hydroxyl groups is 1. The zero-order valence-electron chi connectivity index (χ0n) is 21.3. The van der Waals surface area contributed by atoms with E-state index in [9.17, 15) is 14.7 Å². The fourth-order valence-corrected chi connectivity index (χ4v) is 7.54. The molecule has 0 saturated carbocycles. The lowest BCUT2D eigenvalue weighted by molar-refractivity contribution is -0.132. The van der Waals surface area contributed by atoms with E-state index in [0.29, 0.717) is 37.7 Å². The third-order valence-electron chi connectivity index (χ3n) is 6.77. The average molecular weight is 689 g/mol. The number of anilines is 1. The van der Waals surface area contributed by atoms with Gasteiger partial charge in [-0.15, -0.1) is 10.2 Å². The topological polar surface area (TPSA) is 92.6 Å². The molecule has 1 amide bonds. The maximum atomic E-state index is 13.5. The molecule has 4 aromatic rings. The number of ketones is 1. The zero-order chi connectivity index (χ0) is 28.8. The Labute approximate surface area is 262 Å². The van der Waals surface area contributed by atoms with Crippen molar-refractivity contribution >= 4 is 84.8 Å². The molecule has 1 saturated heterocycles. The average Bonchev–Trinajstić information content (AvgIpc) is 3.63. The first-order valence-electron chi connectivity index (χ1n) is 12.5. The van der Waals surface area contributed by atoms with E-state index in [0.717, 1.165) is 21.3 Å². The van der Waals surface area contributed by atoms with Crippen LogP contribution in [0.5, 0.6) is 5.75 Å². The number of fused-ring (bicyclic) bond motifs is 1. The first-order chi connectivity index (χ1) is 19.7. The molecule has 3 heterocycles. The molecule has 3 aromatic carbocycles. The minimum absolute atomic E-state index is 0.0124. The SMILES string of the molecule is CC1Cc2cc(/C(O)=C3\C(=O)C(=O)N(c4nnc(SCc5ccc(Cl)cc5Cl)s4)C3c3ccc(Br)cc3)ccc2O1. The summed E-state index contributed by atoms with van der Waals surface area (Å²) in [7, 11) is 0. The van der Waals surface area contributed by atoms with Crippen molar-refractivity contribution in [3.8, 4) is 5.75 Å². The van der Waals surface area contributed by atoms with Gasteiger partial charge in [-0.05, 0) is 66.1 Å². The molecule has 2 atom stereocenters. The Balaban J connectivity index is 1.37. The molecule has 2 aliphatic heterocycles. The summed E-state index contributed by atoms with van der Waals surface area (Å²) in [6, 6.07) is 16.9. The molecular formula is C29H20BrCl2N3O4S2. The second kappa shape index (κ2) is 11.4. The van der Waals surface area contributed by atoms with Gasteiger partial charge >= 0.3 is 5.91 Å². The molecule has 0 bridgehead atoms. The molecule has 0 radical (unpaired) electrons. The van der Waals surface area contributed by atoms with Crippen molar-refractivity contribution in [3.05, 3.63) is 103 Å². The van der Waals surface area contributed by atoms with Gasteiger partial charge in [-0.1, -0.05) is 80.4 Å². The van der Waals surface area contributed by atoms with Crippen LogP contribution in [-0.2, 0) is 21.8 Å². The minimum atomic E-state index is -0.900. The van der Waals surface area contributed by atoms with Crippen LogP contribution in [-0.4, -0.2) is 33.1 Å². The summed E-state index contributed by atoms with van der Waals surface area (Å²) in [5.74, 6) is -0.570. The highest BCUT2D eigenvalue weighted by molar-refractivity contribution is 9.10. The summed E-state index contributed by atoms with van der Waals surface area (Å²) < 4.78 is 7.21. The summed E-state index contributed by atoms with van der Waals surface area (Å²) in [6.07, 6.45) is 0.712. The van der Waals surface area contributed by atoms with Gasteiger partial charge in [0, 0.05) is 32.3 Å². The van der Waals surface area contributed by atoms with Crippen molar-refractivity contribution in [2.75, 3.05) is 4.90 Å². The molecule has 208 valence electrons. The zero-order valence-corrected chi connectivity index (χ0v) is 26.0. The molecule has 1 fully saturated rings. The van der Waals surface area contributed by atoms with Gasteiger partial charge in [0.15, 0.2) is 4.34 Å². The van der Waals surface area contributed by atoms with Crippen LogP contribution in [0.2, 0.25) is 10.0 Å². The normalized spacial score (nSPS) is 19.5. The Morgan fingerprint density at radius 3 is 2.66 bits per heavy atom. The lowest BCUT2D eigenvalue weighted by Gasteiger charge is -2.22. The Hall–Kier alpha value is -2.89. The monoisotopic (exact) mass is 687 g/mol. The molecule has 1 N–H and O–H groups in total. The van der Waals surface area contributed by atoms with Gasteiger partial charge in [-0.3, -0.25) is 14.5 Å². The van der Waals surface area contributed by atoms with E-state index in [4.69, 9.17) is 27.9 Å². The number of aromatic nitrogens is 2. The van der Waals surface area contributed by atoms with Gasteiger partial charge in [-0.25, -0.2) is 0 Å². The largest absolute Gasteiger partial charge is 0.507 e. The molecule has 7 nitrogen and oxygen atoms in total. The summed E-state index contributed by atoms with van der Waals surface area (Å²) >= 11 is 18.3. The highest BCUT2D eigenvalue weighted by Crippen LogP contribution is 2.45. The van der Waals surface area contributed by atoms with Crippen LogP contribution in [0.4, 0.5) is 5.13 Å². The predicted molar refractivity (Wildman–Crippen MR) is 165 cm³/mol. The number of thioether (sulfide) groups is 1. The number of hydrogen-bond donors (Lipinski definition) is 1. The summed E-state index contributed by atoms with van der Waals surface area (Å²) in [5.41, 5.74) is 2.88. The van der Waals surface area contributed by atoms with Crippen molar-refractivity contribution in [1.29, 1.82) is 0 Å². The van der Waals surface area contributed by atoms with E-state index >= 15 is 0 Å². The van der Waals surface area contributed by atoms with Crippen molar-refractivity contribution in [1.82, 2.24) is 10.2 Å². The number of benzene rings is 3. The van der Waals surface area contributed by atoms with E-state index in [1.54, 1.807) is 36.4 Å². The molecule has 2 unspecified atom stereocenters. The van der Waals surface area contributed by atoms with Crippen LogP contribution >= 0.6 is 62.2 Å². The van der Waals surface area contributed by atoms with E-state index in [-0.39, 0.29) is 22.6 Å². The van der Waals surface area contributed by atoms with E-state index in [1.165, 1.54) is 28.0 Å². The lowest BCUT2D eigenvalue weighted by atomic mass is 9.94. The van der Waals surface area contributed by atoms with Crippen LogP contribution < -0.4 is 9.64 Å². The van der Waals surface area contributed by atoms with Crippen LogP contribution in [0.3, 0.4) is 0 Å². The molecule has 1 aromatic heterocycles. The summed E-state index contributed by atoms with van der Waals surface area (Å²) in [4.78, 5) is 28.3. The van der Waals surface area contributed by atoms with Gasteiger partial charge in [-0.2, -0.15) is 0 Å². The number of amides is 1. The smallest absolute Gasteiger partial charge is 0.301 e. The molecule has 12 heteroatoms. The van der Waals surface area contributed by atoms with Crippen molar-refractivity contribution in [3.63, 3.8) is 0 Å². The van der Waals surface area contributed by atoms with Crippen LogP contribution in [0.25, 0.3) is 5.76 Å². The van der Waals surface area contributed by atoms with Gasteiger partial charge in [0.2, 0.25) is 5.13 Å². The maximum Gasteiger partial charge on any atom is 0.301 e. The van der Waals surface area contributed by atoms with Crippen molar-refractivity contribution in [2.45, 2.75) is 35.6 Å². The van der Waals surface area contributed by atoms with Gasteiger partial charge in [0.05, 0.1) is 11.6 Å². The quantitative estimate of drug-likeness (QED) is 0.0725. The summed E-state index contributed by atoms with van der Waals surface area (Å²) in [6.45, 7) is 1.97. The van der Waals surface area contributed by atoms with E-state index in [2.05, 4.69) is 26.1 Å². The number of aliphatic hydroxyl groups excluding tert-OH is 1. The minimum Gasteiger partial charge on any atom is -0.507 e. The Morgan fingerprint density at radius 1 is 1.12 bits per heavy atom. The van der Waals surface area contributed by atoms with Gasteiger partial charge in [0.25, 0.3) is 5.78 Å². The number of halogens is 3. The molecule has 0 aliphatic carbocycles. The first kappa shape index (κ1) is 28.2. The number of nitrogens with zero attached hydrogens (tertiary/aromatic N) is 3. The third-order valence-corrected chi connectivity index (χ3v) is 9.99. The number of ether oxygens (including phenoxy) is 1. The Bertz CT molecular complexity index is 1730. The first-order valence-corrected chi connectivity index (χ1v) is 15.8. The van der Waals surface area contributed by atoms with Gasteiger partial charge < -0.3 is 9.84 Å². The van der Waals surface area contributed by atoms with E-state index in [1.807, 2.05) is 31.2 Å². The van der Waals surface area contributed by atoms with Crippen molar-refractivity contribution < 1.29 is 19.4 Å². The predicted octanol–water partition coefficient (Wildman–Crippen LogP) is 7.85. The van der Waals surface area contributed by atoms with Crippen LogP contribution in [0, 0.1) is 0 Å². The van der Waals surface area contributed by atoms with E-state index < -0.39 is 17.7 Å². The molecule has 6 rings (SSSR count). The third kappa shape index (κ3) is 5.51. The molecule has 41 heavy (non-hydrogen) atoms. The lowest BCUT2D eigenvalue weighted by Crippen LogP contribution is -2.29. The second-order valence-corrected chi connectivity index (χ2v) is 13.5. The Kier molecular flexibility index (Phi) is 7.86. The number of carbonyl (C=O) groups is 2. The number of rotatable bonds is 6. The number of Topliss-reactive ketones (excluding diaryl/α,β-unsaturated/α-hetero) is 1. The Morgan fingerprint density at radius 2 is 1.90 bits per heavy atom. The van der Waals surface area contributed by atoms with Crippen LogP contribution in [0.1, 0.15) is 35.2 Å². The fourth-order valence-electron chi connectivity index (χ4n) is 4.85.